The highest BCUT2D eigenvalue weighted by atomic mass is 35.5. The Morgan fingerprint density at radius 2 is 2.11 bits per heavy atom. The molecule has 9 heavy (non-hydrogen) atoms. The molecule has 0 bridgehead atoms. The van der Waals surface area contributed by atoms with E-state index in [2.05, 4.69) is 0 Å². The van der Waals surface area contributed by atoms with E-state index in [0.29, 0.717) is 6.42 Å². The fourth-order valence-corrected chi connectivity index (χ4v) is 0.296. The Hall–Kier alpha value is -0.320. The third kappa shape index (κ3) is 7.68. The highest BCUT2D eigenvalue weighted by molar-refractivity contribution is 5.85. The lowest BCUT2D eigenvalue weighted by molar-refractivity contribution is -0.129. The summed E-state index contributed by atoms with van der Waals surface area (Å²) in [5.74, 6) is -0.459. The number of hydrogen-bond acceptors (Lipinski definition) is 3. The Kier molecular flexibility index (Phi) is 9.79. The lowest BCUT2D eigenvalue weighted by Crippen LogP contribution is -2.18. The number of nitrogens with one attached hydrogen (secondary N) is 1. The van der Waals surface area contributed by atoms with Gasteiger partial charge in [-0.2, -0.15) is 0 Å². The van der Waals surface area contributed by atoms with Crippen molar-refractivity contribution >= 4 is 18.3 Å². The smallest absolute Gasteiger partial charge is 0.243 e. The summed E-state index contributed by atoms with van der Waals surface area (Å²) in [4.78, 5) is 10.1. The van der Waals surface area contributed by atoms with E-state index in [4.69, 9.17) is 10.3 Å². The van der Waals surface area contributed by atoms with Gasteiger partial charge in [0, 0.05) is 13.0 Å². The first-order chi connectivity index (χ1) is 3.81. The molecule has 0 atom stereocenters. The van der Waals surface area contributed by atoms with Crippen molar-refractivity contribution in [3.63, 3.8) is 0 Å². The summed E-state index contributed by atoms with van der Waals surface area (Å²) in [5, 5.41) is 16.0. The molecule has 56 valence electrons. The van der Waals surface area contributed by atoms with Gasteiger partial charge in [0.2, 0.25) is 5.91 Å². The number of carbonyl (C=O) groups is 1. The van der Waals surface area contributed by atoms with Gasteiger partial charge in [-0.3, -0.25) is 10.0 Å². The van der Waals surface area contributed by atoms with Crippen molar-refractivity contribution in [2.45, 2.75) is 12.8 Å². The van der Waals surface area contributed by atoms with Crippen LogP contribution in [-0.4, -0.2) is 22.8 Å². The maximum absolute atomic E-state index is 10.1. The van der Waals surface area contributed by atoms with Crippen molar-refractivity contribution < 1.29 is 15.1 Å². The number of carbonyl (C=O) groups excluding carboxylic acids is 1. The van der Waals surface area contributed by atoms with Gasteiger partial charge < -0.3 is 5.11 Å². The number of halogens is 1. The van der Waals surface area contributed by atoms with E-state index >= 15 is 0 Å². The largest absolute Gasteiger partial charge is 0.396 e. The summed E-state index contributed by atoms with van der Waals surface area (Å²) in [7, 11) is 0. The van der Waals surface area contributed by atoms with Crippen LogP contribution in [0.15, 0.2) is 0 Å². The maximum Gasteiger partial charge on any atom is 0.243 e. The van der Waals surface area contributed by atoms with Crippen molar-refractivity contribution in [1.29, 1.82) is 0 Å². The van der Waals surface area contributed by atoms with Crippen LogP contribution in [0.5, 0.6) is 0 Å². The Balaban J connectivity index is 0. The second-order valence-corrected chi connectivity index (χ2v) is 1.36. The van der Waals surface area contributed by atoms with E-state index in [1.165, 1.54) is 5.48 Å². The van der Waals surface area contributed by atoms with Gasteiger partial charge in [-0.05, 0) is 6.42 Å². The summed E-state index contributed by atoms with van der Waals surface area (Å²) >= 11 is 0. The molecular formula is C4H10ClNO3. The standard InChI is InChI=1S/C4H9NO3.ClH/c6-3-1-2-4(7)5-8;/h6,8H,1-3H2,(H,5,7);1H. The SMILES string of the molecule is Cl.O=C(CCCO)NO. The third-order valence-corrected chi connectivity index (χ3v) is 0.687. The molecule has 0 aromatic heterocycles. The van der Waals surface area contributed by atoms with Crippen LogP contribution in [0.2, 0.25) is 0 Å². The monoisotopic (exact) mass is 155 g/mol. The molecule has 0 aliphatic carbocycles. The van der Waals surface area contributed by atoms with Crippen LogP contribution in [0.4, 0.5) is 0 Å². The average Bonchev–Trinajstić information content (AvgIpc) is 1.83. The molecule has 4 nitrogen and oxygen atoms in total. The lowest BCUT2D eigenvalue weighted by atomic mass is 10.3. The average molecular weight is 156 g/mol. The molecule has 5 heteroatoms. The lowest BCUT2D eigenvalue weighted by Gasteiger charge is -1.92. The van der Waals surface area contributed by atoms with E-state index < -0.39 is 5.91 Å². The van der Waals surface area contributed by atoms with Gasteiger partial charge in [0.15, 0.2) is 0 Å². The Bertz CT molecular complexity index is 78.2. The predicted molar refractivity (Wildman–Crippen MR) is 33.5 cm³/mol. The second kappa shape index (κ2) is 7.68. The molecule has 0 aliphatic rings. The van der Waals surface area contributed by atoms with Crippen LogP contribution in [0.3, 0.4) is 0 Å². The normalized spacial score (nSPS) is 7.78. The van der Waals surface area contributed by atoms with Crippen molar-refractivity contribution in [1.82, 2.24) is 5.48 Å². The van der Waals surface area contributed by atoms with Crippen LogP contribution in [0, 0.1) is 0 Å². The van der Waals surface area contributed by atoms with E-state index in [1.54, 1.807) is 0 Å². The fourth-order valence-electron chi connectivity index (χ4n) is 0.296. The summed E-state index contributed by atoms with van der Waals surface area (Å²) in [6.07, 6.45) is 0.569. The molecule has 0 aromatic rings. The van der Waals surface area contributed by atoms with Crippen molar-refractivity contribution in [2.24, 2.45) is 0 Å². The zero-order chi connectivity index (χ0) is 6.41. The Labute approximate surface area is 59.2 Å². The second-order valence-electron chi connectivity index (χ2n) is 1.36. The van der Waals surface area contributed by atoms with Crippen LogP contribution in [0.25, 0.3) is 0 Å². The summed E-state index contributed by atoms with van der Waals surface area (Å²) in [5.41, 5.74) is 1.45. The van der Waals surface area contributed by atoms with Gasteiger partial charge in [-0.15, -0.1) is 12.4 Å². The van der Waals surface area contributed by atoms with E-state index in [0.717, 1.165) is 0 Å². The maximum atomic E-state index is 10.1. The third-order valence-electron chi connectivity index (χ3n) is 0.687. The molecule has 0 saturated carbocycles. The van der Waals surface area contributed by atoms with Gasteiger partial charge >= 0.3 is 0 Å². The molecule has 0 radical (unpaired) electrons. The predicted octanol–water partition coefficient (Wildman–Crippen LogP) is -0.314. The molecule has 0 unspecified atom stereocenters. The molecule has 0 aliphatic heterocycles. The minimum Gasteiger partial charge on any atom is -0.396 e. The molecule has 0 fully saturated rings. The zero-order valence-electron chi connectivity index (χ0n) is 4.83. The first-order valence-electron chi connectivity index (χ1n) is 2.35. The highest BCUT2D eigenvalue weighted by Gasteiger charge is 1.94. The summed E-state index contributed by atoms with van der Waals surface area (Å²) in [6.45, 7) is -0.0204. The van der Waals surface area contributed by atoms with Gasteiger partial charge in [0.1, 0.15) is 0 Å². The van der Waals surface area contributed by atoms with Crippen LogP contribution in [0.1, 0.15) is 12.8 Å². The topological polar surface area (TPSA) is 69.6 Å². The molecule has 0 spiro atoms. The molecule has 1 amide bonds. The minimum atomic E-state index is -0.459. The molecule has 0 heterocycles. The van der Waals surface area contributed by atoms with Crippen LogP contribution < -0.4 is 5.48 Å². The van der Waals surface area contributed by atoms with Crippen molar-refractivity contribution in [2.75, 3.05) is 6.61 Å². The minimum absolute atomic E-state index is 0. The highest BCUT2D eigenvalue weighted by Crippen LogP contribution is 1.83. The molecule has 3 N–H and O–H groups in total. The van der Waals surface area contributed by atoms with Crippen LogP contribution >= 0.6 is 12.4 Å². The molecular weight excluding hydrogens is 146 g/mol. The van der Waals surface area contributed by atoms with Crippen molar-refractivity contribution in [3.05, 3.63) is 0 Å². The van der Waals surface area contributed by atoms with E-state index in [9.17, 15) is 4.79 Å². The Morgan fingerprint density at radius 1 is 1.56 bits per heavy atom. The summed E-state index contributed by atoms with van der Waals surface area (Å²) < 4.78 is 0. The first kappa shape index (κ1) is 11.5. The summed E-state index contributed by atoms with van der Waals surface area (Å²) in [6, 6.07) is 0. The van der Waals surface area contributed by atoms with Gasteiger partial charge in [0.05, 0.1) is 0 Å². The number of aliphatic hydroxyl groups is 1. The number of aliphatic hydroxyl groups excluding tert-OH is 1. The quantitative estimate of drug-likeness (QED) is 0.387. The van der Waals surface area contributed by atoms with Gasteiger partial charge in [-0.1, -0.05) is 0 Å². The Morgan fingerprint density at radius 3 is 2.44 bits per heavy atom. The fraction of sp³-hybridized carbons (Fsp3) is 0.750. The molecule has 0 aromatic carbocycles. The number of hydroxylamine groups is 1. The van der Waals surface area contributed by atoms with E-state index in [-0.39, 0.29) is 25.4 Å². The number of rotatable bonds is 3. The van der Waals surface area contributed by atoms with Crippen molar-refractivity contribution in [3.8, 4) is 0 Å². The van der Waals surface area contributed by atoms with Gasteiger partial charge in [0.25, 0.3) is 0 Å². The zero-order valence-corrected chi connectivity index (χ0v) is 5.65. The van der Waals surface area contributed by atoms with Crippen LogP contribution in [-0.2, 0) is 4.79 Å². The molecule has 0 saturated heterocycles. The van der Waals surface area contributed by atoms with Gasteiger partial charge in [-0.25, -0.2) is 5.48 Å². The number of amides is 1. The number of hydrogen-bond donors (Lipinski definition) is 3. The van der Waals surface area contributed by atoms with E-state index in [1.807, 2.05) is 0 Å². The first-order valence-corrected chi connectivity index (χ1v) is 2.35. The molecule has 0 rings (SSSR count).